The lowest BCUT2D eigenvalue weighted by atomic mass is 9.98. The zero-order chi connectivity index (χ0) is 11.8. The van der Waals surface area contributed by atoms with Gasteiger partial charge in [-0.3, -0.25) is 0 Å². The number of pyridine rings is 1. The second kappa shape index (κ2) is 4.21. The Bertz CT molecular complexity index is 396. The van der Waals surface area contributed by atoms with Crippen molar-refractivity contribution in [3.63, 3.8) is 0 Å². The van der Waals surface area contributed by atoms with E-state index in [0.717, 1.165) is 41.4 Å². The van der Waals surface area contributed by atoms with Crippen molar-refractivity contribution in [2.75, 3.05) is 17.6 Å². The summed E-state index contributed by atoms with van der Waals surface area (Å²) in [5, 5.41) is 3.52. The minimum absolute atomic E-state index is 0.744. The fraction of sp³-hybridized carbons (Fsp3) is 0.643. The van der Waals surface area contributed by atoms with Crippen molar-refractivity contribution in [2.24, 2.45) is 17.8 Å². The second-order valence-electron chi connectivity index (χ2n) is 5.65. The van der Waals surface area contributed by atoms with Crippen LogP contribution in [0.5, 0.6) is 0 Å². The molecular weight excluding hydrogens is 210 g/mol. The molecule has 0 radical (unpaired) electrons. The van der Waals surface area contributed by atoms with Crippen molar-refractivity contribution in [1.29, 1.82) is 0 Å². The molecule has 0 amide bonds. The third-order valence-electron chi connectivity index (χ3n) is 4.06. The topological polar surface area (TPSA) is 50.9 Å². The van der Waals surface area contributed by atoms with Gasteiger partial charge in [0.1, 0.15) is 5.82 Å². The molecule has 0 saturated heterocycles. The molecule has 3 N–H and O–H groups in total. The zero-order valence-corrected chi connectivity index (χ0v) is 10.4. The Morgan fingerprint density at radius 2 is 2.00 bits per heavy atom. The van der Waals surface area contributed by atoms with Crippen LogP contribution in [-0.4, -0.2) is 11.5 Å². The second-order valence-corrected chi connectivity index (χ2v) is 5.65. The smallest absolute Gasteiger partial charge is 0.129 e. The van der Waals surface area contributed by atoms with Crippen LogP contribution >= 0.6 is 0 Å². The van der Waals surface area contributed by atoms with Crippen LogP contribution in [0.15, 0.2) is 12.3 Å². The van der Waals surface area contributed by atoms with Crippen molar-refractivity contribution in [3.8, 4) is 0 Å². The van der Waals surface area contributed by atoms with E-state index in [4.69, 9.17) is 5.73 Å². The summed E-state index contributed by atoms with van der Waals surface area (Å²) in [6, 6.07) is 1.98. The zero-order valence-electron chi connectivity index (χ0n) is 10.4. The predicted octanol–water partition coefficient (Wildman–Crippen LogP) is 2.82. The van der Waals surface area contributed by atoms with Crippen LogP contribution in [0.4, 0.5) is 11.5 Å². The van der Waals surface area contributed by atoms with E-state index in [2.05, 4.69) is 17.2 Å². The summed E-state index contributed by atoms with van der Waals surface area (Å²) in [6.45, 7) is 3.15. The van der Waals surface area contributed by atoms with Gasteiger partial charge in [-0.25, -0.2) is 4.98 Å². The van der Waals surface area contributed by atoms with Gasteiger partial charge in [0, 0.05) is 6.54 Å². The van der Waals surface area contributed by atoms with Gasteiger partial charge < -0.3 is 11.1 Å². The molecule has 2 fully saturated rings. The first kappa shape index (κ1) is 10.9. The van der Waals surface area contributed by atoms with E-state index in [1.54, 1.807) is 6.20 Å². The van der Waals surface area contributed by atoms with Crippen LogP contribution in [0.3, 0.4) is 0 Å². The summed E-state index contributed by atoms with van der Waals surface area (Å²) < 4.78 is 0. The van der Waals surface area contributed by atoms with Crippen LogP contribution in [0.1, 0.15) is 31.2 Å². The van der Waals surface area contributed by atoms with Gasteiger partial charge in [-0.2, -0.15) is 0 Å². The normalized spacial score (nSPS) is 19.6. The first-order valence-corrected chi connectivity index (χ1v) is 6.70. The monoisotopic (exact) mass is 231 g/mol. The van der Waals surface area contributed by atoms with Crippen molar-refractivity contribution in [2.45, 2.75) is 32.6 Å². The molecule has 0 bridgehead atoms. The molecule has 0 aromatic carbocycles. The highest BCUT2D eigenvalue weighted by Crippen LogP contribution is 2.49. The first-order chi connectivity index (χ1) is 8.24. The molecule has 3 rings (SSSR count). The Labute approximate surface area is 103 Å². The van der Waals surface area contributed by atoms with Crippen LogP contribution in [0.2, 0.25) is 0 Å². The van der Waals surface area contributed by atoms with Crippen LogP contribution in [0.25, 0.3) is 0 Å². The van der Waals surface area contributed by atoms with Gasteiger partial charge in [0.25, 0.3) is 0 Å². The molecule has 1 heterocycles. The molecular formula is C14H21N3. The van der Waals surface area contributed by atoms with Crippen LogP contribution in [-0.2, 0) is 0 Å². The van der Waals surface area contributed by atoms with Gasteiger partial charge in [-0.1, -0.05) is 0 Å². The standard InChI is InChI=1S/C14H21N3/c1-9-6-12(15)7-16-14(9)17-8-13(10-2-3-10)11-4-5-11/h6-7,10-11,13H,2-5,8,15H2,1H3,(H,16,17). The Morgan fingerprint density at radius 3 is 2.53 bits per heavy atom. The number of nitrogens with zero attached hydrogens (tertiary/aromatic N) is 1. The van der Waals surface area contributed by atoms with Gasteiger partial charge in [0.15, 0.2) is 0 Å². The highest BCUT2D eigenvalue weighted by atomic mass is 15.0. The third-order valence-corrected chi connectivity index (χ3v) is 4.06. The molecule has 17 heavy (non-hydrogen) atoms. The summed E-state index contributed by atoms with van der Waals surface area (Å²) >= 11 is 0. The lowest BCUT2D eigenvalue weighted by molar-refractivity contribution is 0.427. The molecule has 2 aliphatic rings. The van der Waals surface area contributed by atoms with E-state index >= 15 is 0 Å². The molecule has 2 saturated carbocycles. The van der Waals surface area contributed by atoms with Crippen LogP contribution < -0.4 is 11.1 Å². The van der Waals surface area contributed by atoms with Gasteiger partial charge in [-0.15, -0.1) is 0 Å². The van der Waals surface area contributed by atoms with Gasteiger partial charge >= 0.3 is 0 Å². The maximum absolute atomic E-state index is 5.71. The maximum atomic E-state index is 5.71. The number of nitrogens with two attached hydrogens (primary N) is 1. The molecule has 2 aliphatic carbocycles. The number of hydrogen-bond acceptors (Lipinski definition) is 3. The maximum Gasteiger partial charge on any atom is 0.129 e. The quantitative estimate of drug-likeness (QED) is 0.819. The predicted molar refractivity (Wildman–Crippen MR) is 70.8 cm³/mol. The summed E-state index contributed by atoms with van der Waals surface area (Å²) in [5.74, 6) is 3.87. The largest absolute Gasteiger partial charge is 0.397 e. The first-order valence-electron chi connectivity index (χ1n) is 6.70. The number of aryl methyl sites for hydroxylation is 1. The molecule has 3 nitrogen and oxygen atoms in total. The average Bonchev–Trinajstić information content (AvgIpc) is 3.15. The molecule has 3 heteroatoms. The lowest BCUT2D eigenvalue weighted by Crippen LogP contribution is -2.19. The van der Waals surface area contributed by atoms with Crippen molar-refractivity contribution in [3.05, 3.63) is 17.8 Å². The third kappa shape index (κ3) is 2.54. The summed E-state index contributed by atoms with van der Waals surface area (Å²) in [4.78, 5) is 4.37. The number of nitrogen functional groups attached to an aromatic ring is 1. The molecule has 0 aliphatic heterocycles. The van der Waals surface area contributed by atoms with Crippen LogP contribution in [0, 0.1) is 24.7 Å². The summed E-state index contributed by atoms with van der Waals surface area (Å²) in [6.07, 6.45) is 7.50. The minimum atomic E-state index is 0.744. The van der Waals surface area contributed by atoms with E-state index in [9.17, 15) is 0 Å². The Balaban J connectivity index is 1.62. The number of anilines is 2. The SMILES string of the molecule is Cc1cc(N)cnc1NCC(C1CC1)C1CC1. The van der Waals surface area contributed by atoms with E-state index in [1.807, 2.05) is 6.07 Å². The minimum Gasteiger partial charge on any atom is -0.397 e. The molecule has 0 atom stereocenters. The van der Waals surface area contributed by atoms with E-state index in [1.165, 1.54) is 25.7 Å². The van der Waals surface area contributed by atoms with E-state index < -0.39 is 0 Å². The van der Waals surface area contributed by atoms with Gasteiger partial charge in [-0.05, 0) is 62.0 Å². The van der Waals surface area contributed by atoms with Gasteiger partial charge in [0.2, 0.25) is 0 Å². The lowest BCUT2D eigenvalue weighted by Gasteiger charge is -2.17. The van der Waals surface area contributed by atoms with Crippen molar-refractivity contribution in [1.82, 2.24) is 4.98 Å². The molecule has 1 aromatic rings. The number of hydrogen-bond donors (Lipinski definition) is 2. The number of nitrogens with one attached hydrogen (secondary N) is 1. The molecule has 0 spiro atoms. The number of rotatable bonds is 5. The van der Waals surface area contributed by atoms with Crippen molar-refractivity contribution >= 4 is 11.5 Å². The summed E-state index contributed by atoms with van der Waals surface area (Å²) in [7, 11) is 0. The van der Waals surface area contributed by atoms with Gasteiger partial charge in [0.05, 0.1) is 11.9 Å². The Hall–Kier alpha value is -1.25. The highest BCUT2D eigenvalue weighted by molar-refractivity contribution is 5.50. The summed E-state index contributed by atoms with van der Waals surface area (Å²) in [5.41, 5.74) is 7.60. The van der Waals surface area contributed by atoms with E-state index in [-0.39, 0.29) is 0 Å². The molecule has 92 valence electrons. The highest BCUT2D eigenvalue weighted by Gasteiger charge is 2.41. The Morgan fingerprint density at radius 1 is 1.35 bits per heavy atom. The fourth-order valence-corrected chi connectivity index (χ4v) is 2.76. The fourth-order valence-electron chi connectivity index (χ4n) is 2.76. The molecule has 0 unspecified atom stereocenters. The van der Waals surface area contributed by atoms with Crippen molar-refractivity contribution < 1.29 is 0 Å². The number of aromatic nitrogens is 1. The Kier molecular flexibility index (Phi) is 2.69. The average molecular weight is 231 g/mol. The van der Waals surface area contributed by atoms with E-state index in [0.29, 0.717) is 0 Å². The molecule has 1 aromatic heterocycles.